The van der Waals surface area contributed by atoms with Gasteiger partial charge in [-0.15, -0.1) is 11.3 Å². The first-order valence-electron chi connectivity index (χ1n) is 7.82. The van der Waals surface area contributed by atoms with Crippen molar-refractivity contribution in [3.8, 4) is 0 Å². The zero-order valence-electron chi connectivity index (χ0n) is 13.1. The average Bonchev–Trinajstić information content (AvgIpc) is 3.17. The van der Waals surface area contributed by atoms with Gasteiger partial charge in [-0.05, 0) is 42.5 Å². The Kier molecular flexibility index (Phi) is 7.03. The molecule has 1 heterocycles. The fourth-order valence-electron chi connectivity index (χ4n) is 2.11. The van der Waals surface area contributed by atoms with Crippen molar-refractivity contribution in [2.24, 2.45) is 16.8 Å². The lowest BCUT2D eigenvalue weighted by atomic mass is 10.1. The summed E-state index contributed by atoms with van der Waals surface area (Å²) in [6.45, 7) is 5.68. The Hall–Kier alpha value is -1.07. The molecule has 2 N–H and O–H groups in total. The third-order valence-electron chi connectivity index (χ3n) is 3.56. The van der Waals surface area contributed by atoms with Gasteiger partial charge in [-0.1, -0.05) is 13.0 Å². The van der Waals surface area contributed by atoms with E-state index in [1.807, 2.05) is 18.4 Å². The minimum atomic E-state index is 0.591. The van der Waals surface area contributed by atoms with Crippen molar-refractivity contribution in [2.75, 3.05) is 33.4 Å². The minimum absolute atomic E-state index is 0.591. The van der Waals surface area contributed by atoms with E-state index in [2.05, 4.69) is 40.1 Å². The summed E-state index contributed by atoms with van der Waals surface area (Å²) in [5.74, 6) is 2.29. The first kappa shape index (κ1) is 16.3. The Bertz CT molecular complexity index is 415. The van der Waals surface area contributed by atoms with Crippen LogP contribution in [0.4, 0.5) is 0 Å². The van der Waals surface area contributed by atoms with Gasteiger partial charge in [0.15, 0.2) is 5.96 Å². The standard InChI is InChI=1S/C16H27N3OS/c1-13(10-15-4-3-9-21-15)11-19-16(17-2)18-7-8-20-12-14-5-6-14/h3-4,9,13-14H,5-8,10-12H2,1-2H3,(H2,17,18,19). The van der Waals surface area contributed by atoms with Crippen molar-refractivity contribution in [2.45, 2.75) is 26.2 Å². The van der Waals surface area contributed by atoms with E-state index in [-0.39, 0.29) is 0 Å². The van der Waals surface area contributed by atoms with E-state index >= 15 is 0 Å². The van der Waals surface area contributed by atoms with Gasteiger partial charge in [0.05, 0.1) is 6.61 Å². The first-order chi connectivity index (χ1) is 10.3. The molecular formula is C16H27N3OS. The zero-order chi connectivity index (χ0) is 14.9. The SMILES string of the molecule is CN=C(NCCOCC1CC1)NCC(C)Cc1cccs1. The second-order valence-corrected chi connectivity index (χ2v) is 6.82. The van der Waals surface area contributed by atoms with Crippen LogP contribution in [0.15, 0.2) is 22.5 Å². The van der Waals surface area contributed by atoms with E-state index in [1.165, 1.54) is 17.7 Å². The molecule has 0 spiro atoms. The summed E-state index contributed by atoms with van der Waals surface area (Å²) in [6, 6.07) is 4.31. The third kappa shape index (κ3) is 6.96. The lowest BCUT2D eigenvalue weighted by Gasteiger charge is -2.15. The van der Waals surface area contributed by atoms with Crippen LogP contribution < -0.4 is 10.6 Å². The maximum absolute atomic E-state index is 5.60. The third-order valence-corrected chi connectivity index (χ3v) is 4.46. The molecule has 1 aliphatic carbocycles. The highest BCUT2D eigenvalue weighted by atomic mass is 32.1. The van der Waals surface area contributed by atoms with Gasteiger partial charge in [-0.3, -0.25) is 4.99 Å². The predicted molar refractivity (Wildman–Crippen MR) is 90.1 cm³/mol. The molecule has 0 saturated heterocycles. The summed E-state index contributed by atoms with van der Waals surface area (Å²) in [7, 11) is 1.81. The number of aliphatic imine (C=N–C) groups is 1. The normalized spacial score (nSPS) is 16.8. The van der Waals surface area contributed by atoms with Crippen LogP contribution in [0, 0.1) is 11.8 Å². The molecule has 21 heavy (non-hydrogen) atoms. The molecule has 0 aromatic carbocycles. The lowest BCUT2D eigenvalue weighted by molar-refractivity contribution is 0.129. The van der Waals surface area contributed by atoms with Crippen molar-refractivity contribution in [1.82, 2.24) is 10.6 Å². The van der Waals surface area contributed by atoms with Crippen LogP contribution in [0.2, 0.25) is 0 Å². The largest absolute Gasteiger partial charge is 0.379 e. The van der Waals surface area contributed by atoms with Crippen molar-refractivity contribution in [1.29, 1.82) is 0 Å². The molecule has 1 fully saturated rings. The Labute approximate surface area is 132 Å². The number of nitrogens with zero attached hydrogens (tertiary/aromatic N) is 1. The number of ether oxygens (including phenoxy) is 1. The van der Waals surface area contributed by atoms with E-state index in [9.17, 15) is 0 Å². The molecule has 5 heteroatoms. The van der Waals surface area contributed by atoms with E-state index in [4.69, 9.17) is 4.74 Å². The van der Waals surface area contributed by atoms with E-state index in [0.717, 1.165) is 44.6 Å². The number of rotatable bonds is 9. The highest BCUT2D eigenvalue weighted by molar-refractivity contribution is 7.09. The van der Waals surface area contributed by atoms with Crippen LogP contribution in [0.25, 0.3) is 0 Å². The predicted octanol–water partition coefficient (Wildman–Crippen LogP) is 2.52. The van der Waals surface area contributed by atoms with Crippen molar-refractivity contribution in [3.05, 3.63) is 22.4 Å². The summed E-state index contributed by atoms with van der Waals surface area (Å²) in [5, 5.41) is 8.81. The zero-order valence-corrected chi connectivity index (χ0v) is 13.9. The van der Waals surface area contributed by atoms with Gasteiger partial charge in [0.25, 0.3) is 0 Å². The van der Waals surface area contributed by atoms with Gasteiger partial charge in [0, 0.05) is 31.6 Å². The number of guanidine groups is 1. The summed E-state index contributed by atoms with van der Waals surface area (Å²) in [5.41, 5.74) is 0. The topological polar surface area (TPSA) is 45.7 Å². The quantitative estimate of drug-likeness (QED) is 0.418. The summed E-state index contributed by atoms with van der Waals surface area (Å²) in [4.78, 5) is 5.69. The molecule has 1 saturated carbocycles. The number of hydrogen-bond acceptors (Lipinski definition) is 3. The molecule has 2 rings (SSSR count). The molecule has 1 aliphatic rings. The van der Waals surface area contributed by atoms with E-state index < -0.39 is 0 Å². The van der Waals surface area contributed by atoms with Crippen LogP contribution >= 0.6 is 11.3 Å². The van der Waals surface area contributed by atoms with Crippen molar-refractivity contribution in [3.63, 3.8) is 0 Å². The van der Waals surface area contributed by atoms with Gasteiger partial charge >= 0.3 is 0 Å². The van der Waals surface area contributed by atoms with E-state index in [1.54, 1.807) is 0 Å². The number of nitrogens with one attached hydrogen (secondary N) is 2. The van der Waals surface area contributed by atoms with Crippen LogP contribution in [-0.2, 0) is 11.2 Å². The fourth-order valence-corrected chi connectivity index (χ4v) is 2.98. The highest BCUT2D eigenvalue weighted by Gasteiger charge is 2.20. The van der Waals surface area contributed by atoms with Crippen molar-refractivity contribution < 1.29 is 4.74 Å². The minimum Gasteiger partial charge on any atom is -0.379 e. The number of thiophene rings is 1. The molecule has 1 unspecified atom stereocenters. The van der Waals surface area contributed by atoms with Gasteiger partial charge in [-0.25, -0.2) is 0 Å². The van der Waals surface area contributed by atoms with Crippen LogP contribution in [-0.4, -0.2) is 39.3 Å². The lowest BCUT2D eigenvalue weighted by Crippen LogP contribution is -2.41. The molecular weight excluding hydrogens is 282 g/mol. The van der Waals surface area contributed by atoms with Crippen molar-refractivity contribution >= 4 is 17.3 Å². The smallest absolute Gasteiger partial charge is 0.191 e. The second-order valence-electron chi connectivity index (χ2n) is 5.79. The Balaban J connectivity index is 1.53. The van der Waals surface area contributed by atoms with Crippen LogP contribution in [0.3, 0.4) is 0 Å². The molecule has 0 radical (unpaired) electrons. The summed E-state index contributed by atoms with van der Waals surface area (Å²) >= 11 is 1.83. The molecule has 1 aromatic rings. The summed E-state index contributed by atoms with van der Waals surface area (Å²) in [6.07, 6.45) is 3.81. The maximum atomic E-state index is 5.60. The van der Waals surface area contributed by atoms with E-state index in [0.29, 0.717) is 5.92 Å². The summed E-state index contributed by atoms with van der Waals surface area (Å²) < 4.78 is 5.60. The monoisotopic (exact) mass is 309 g/mol. The van der Waals surface area contributed by atoms with Gasteiger partial charge < -0.3 is 15.4 Å². The van der Waals surface area contributed by atoms with Crippen LogP contribution in [0.5, 0.6) is 0 Å². The molecule has 1 atom stereocenters. The molecule has 118 valence electrons. The van der Waals surface area contributed by atoms with Crippen LogP contribution in [0.1, 0.15) is 24.6 Å². The average molecular weight is 309 g/mol. The number of hydrogen-bond donors (Lipinski definition) is 2. The Morgan fingerprint density at radius 2 is 2.33 bits per heavy atom. The Morgan fingerprint density at radius 3 is 3.00 bits per heavy atom. The molecule has 0 bridgehead atoms. The molecule has 4 nitrogen and oxygen atoms in total. The maximum Gasteiger partial charge on any atom is 0.191 e. The van der Waals surface area contributed by atoms with Gasteiger partial charge in [0.1, 0.15) is 0 Å². The highest BCUT2D eigenvalue weighted by Crippen LogP contribution is 2.28. The fraction of sp³-hybridized carbons (Fsp3) is 0.688. The van der Waals surface area contributed by atoms with Gasteiger partial charge in [0.2, 0.25) is 0 Å². The first-order valence-corrected chi connectivity index (χ1v) is 8.70. The van der Waals surface area contributed by atoms with Gasteiger partial charge in [-0.2, -0.15) is 0 Å². The Morgan fingerprint density at radius 1 is 1.48 bits per heavy atom. The molecule has 0 aliphatic heterocycles. The molecule has 0 amide bonds. The second kappa shape index (κ2) is 9.05. The molecule has 1 aromatic heterocycles.